The maximum absolute atomic E-state index is 11.3. The number of carboxylic acid groups (broad SMARTS) is 1. The van der Waals surface area contributed by atoms with Crippen LogP contribution in [0.1, 0.15) is 41.0 Å². The Kier molecular flexibility index (Phi) is 4.20. The monoisotopic (exact) mass is 243 g/mol. The third-order valence-corrected chi connectivity index (χ3v) is 3.51. The standard InChI is InChI=1S/C13H25NO3/c1-6-13(5,11(15)16)9-14-7-10(2)17-12(3,4)8-14/h10H,6-9H2,1-5H3,(H,15,16). The highest BCUT2D eigenvalue weighted by Crippen LogP contribution is 2.27. The predicted molar refractivity (Wildman–Crippen MR) is 67.1 cm³/mol. The summed E-state index contributed by atoms with van der Waals surface area (Å²) in [7, 11) is 0. The summed E-state index contributed by atoms with van der Waals surface area (Å²) in [6, 6.07) is 0. The van der Waals surface area contributed by atoms with Crippen molar-refractivity contribution in [2.24, 2.45) is 5.41 Å². The van der Waals surface area contributed by atoms with Gasteiger partial charge in [-0.05, 0) is 34.1 Å². The summed E-state index contributed by atoms with van der Waals surface area (Å²) in [5, 5.41) is 9.30. The molecule has 1 heterocycles. The number of nitrogens with zero attached hydrogens (tertiary/aromatic N) is 1. The van der Waals surface area contributed by atoms with Crippen molar-refractivity contribution in [2.75, 3.05) is 19.6 Å². The zero-order valence-electron chi connectivity index (χ0n) is 11.6. The first-order chi connectivity index (χ1) is 7.68. The van der Waals surface area contributed by atoms with Gasteiger partial charge in [-0.15, -0.1) is 0 Å². The number of ether oxygens (including phenoxy) is 1. The lowest BCUT2D eigenvalue weighted by Gasteiger charge is -2.44. The van der Waals surface area contributed by atoms with E-state index in [0.29, 0.717) is 13.0 Å². The molecule has 0 saturated carbocycles. The minimum atomic E-state index is -0.711. The first-order valence-corrected chi connectivity index (χ1v) is 6.32. The van der Waals surface area contributed by atoms with E-state index in [4.69, 9.17) is 4.74 Å². The summed E-state index contributed by atoms with van der Waals surface area (Å²) in [5.41, 5.74) is -0.849. The van der Waals surface area contributed by atoms with Crippen molar-refractivity contribution in [1.82, 2.24) is 4.90 Å². The van der Waals surface area contributed by atoms with Gasteiger partial charge < -0.3 is 9.84 Å². The molecule has 0 aromatic heterocycles. The van der Waals surface area contributed by atoms with Crippen LogP contribution in [-0.4, -0.2) is 47.3 Å². The van der Waals surface area contributed by atoms with Crippen LogP contribution in [0.4, 0.5) is 0 Å². The van der Waals surface area contributed by atoms with Crippen LogP contribution in [0.3, 0.4) is 0 Å². The quantitative estimate of drug-likeness (QED) is 0.820. The third-order valence-electron chi connectivity index (χ3n) is 3.51. The smallest absolute Gasteiger partial charge is 0.310 e. The van der Waals surface area contributed by atoms with Crippen molar-refractivity contribution in [3.8, 4) is 0 Å². The van der Waals surface area contributed by atoms with Crippen molar-refractivity contribution in [2.45, 2.75) is 52.7 Å². The van der Waals surface area contributed by atoms with Gasteiger partial charge in [0.05, 0.1) is 17.1 Å². The molecule has 4 heteroatoms. The first-order valence-electron chi connectivity index (χ1n) is 6.32. The lowest BCUT2D eigenvalue weighted by molar-refractivity contribution is -0.157. The SMILES string of the molecule is CCC(C)(CN1CC(C)OC(C)(C)C1)C(=O)O. The second-order valence-corrected chi connectivity index (χ2v) is 6.08. The molecule has 1 fully saturated rings. The fourth-order valence-corrected chi connectivity index (χ4v) is 2.53. The lowest BCUT2D eigenvalue weighted by Crippen LogP contribution is -2.55. The van der Waals surface area contributed by atoms with Gasteiger partial charge in [0.15, 0.2) is 0 Å². The van der Waals surface area contributed by atoms with Gasteiger partial charge in [0.25, 0.3) is 0 Å². The minimum absolute atomic E-state index is 0.161. The number of hydrogen-bond acceptors (Lipinski definition) is 3. The molecular weight excluding hydrogens is 218 g/mol. The number of rotatable bonds is 4. The van der Waals surface area contributed by atoms with E-state index in [1.54, 1.807) is 0 Å². The van der Waals surface area contributed by atoms with Crippen LogP contribution < -0.4 is 0 Å². The number of hydrogen-bond donors (Lipinski definition) is 1. The van der Waals surface area contributed by atoms with Crippen LogP contribution in [-0.2, 0) is 9.53 Å². The molecule has 1 aliphatic heterocycles. The van der Waals surface area contributed by atoms with E-state index >= 15 is 0 Å². The van der Waals surface area contributed by atoms with Crippen LogP contribution in [0.15, 0.2) is 0 Å². The molecule has 0 radical (unpaired) electrons. The van der Waals surface area contributed by atoms with Crippen molar-refractivity contribution >= 4 is 5.97 Å². The molecular formula is C13H25NO3. The van der Waals surface area contributed by atoms with Crippen LogP contribution >= 0.6 is 0 Å². The van der Waals surface area contributed by atoms with Crippen molar-refractivity contribution in [3.63, 3.8) is 0 Å². The Balaban J connectivity index is 2.71. The fourth-order valence-electron chi connectivity index (χ4n) is 2.53. The lowest BCUT2D eigenvalue weighted by atomic mass is 9.86. The molecule has 0 aromatic rings. The minimum Gasteiger partial charge on any atom is -0.481 e. The maximum Gasteiger partial charge on any atom is 0.310 e. The summed E-state index contributed by atoms with van der Waals surface area (Å²) in [5.74, 6) is -0.711. The third kappa shape index (κ3) is 3.68. The van der Waals surface area contributed by atoms with Gasteiger partial charge in [0, 0.05) is 19.6 Å². The molecule has 100 valence electrons. The molecule has 17 heavy (non-hydrogen) atoms. The molecule has 4 nitrogen and oxygen atoms in total. The number of morpholine rings is 1. The van der Waals surface area contributed by atoms with E-state index in [1.807, 2.05) is 20.8 Å². The fraction of sp³-hybridized carbons (Fsp3) is 0.923. The van der Waals surface area contributed by atoms with E-state index < -0.39 is 11.4 Å². The van der Waals surface area contributed by atoms with Gasteiger partial charge in [-0.3, -0.25) is 9.69 Å². The molecule has 2 unspecified atom stereocenters. The average Bonchev–Trinajstić information content (AvgIpc) is 2.13. The summed E-state index contributed by atoms with van der Waals surface area (Å²) in [6.45, 7) is 12.1. The normalized spacial score (nSPS) is 28.6. The highest BCUT2D eigenvalue weighted by atomic mass is 16.5. The van der Waals surface area contributed by atoms with Gasteiger partial charge in [-0.1, -0.05) is 6.92 Å². The number of carbonyl (C=O) groups is 1. The number of aliphatic carboxylic acids is 1. The second-order valence-electron chi connectivity index (χ2n) is 6.08. The summed E-state index contributed by atoms with van der Waals surface area (Å²) in [6.07, 6.45) is 0.808. The highest BCUT2D eigenvalue weighted by molar-refractivity contribution is 5.74. The molecule has 0 amide bonds. The molecule has 0 spiro atoms. The Labute approximate surface area is 104 Å². The predicted octanol–water partition coefficient (Wildman–Crippen LogP) is 1.99. The molecule has 0 aliphatic carbocycles. The topological polar surface area (TPSA) is 49.8 Å². The van der Waals surface area contributed by atoms with Crippen molar-refractivity contribution in [1.29, 1.82) is 0 Å². The summed E-state index contributed by atoms with van der Waals surface area (Å²) in [4.78, 5) is 13.5. The largest absolute Gasteiger partial charge is 0.481 e. The zero-order valence-corrected chi connectivity index (χ0v) is 11.6. The molecule has 1 saturated heterocycles. The second kappa shape index (κ2) is 4.94. The van der Waals surface area contributed by atoms with Gasteiger partial charge in [0.2, 0.25) is 0 Å². The van der Waals surface area contributed by atoms with Gasteiger partial charge in [-0.2, -0.15) is 0 Å². The van der Waals surface area contributed by atoms with Crippen LogP contribution in [0.2, 0.25) is 0 Å². The summed E-state index contributed by atoms with van der Waals surface area (Å²) >= 11 is 0. The molecule has 0 aromatic carbocycles. The van der Waals surface area contributed by atoms with Crippen molar-refractivity contribution < 1.29 is 14.6 Å². The van der Waals surface area contributed by atoms with Crippen LogP contribution in [0, 0.1) is 5.41 Å². The van der Waals surface area contributed by atoms with Gasteiger partial charge in [0.1, 0.15) is 0 Å². The maximum atomic E-state index is 11.3. The van der Waals surface area contributed by atoms with E-state index in [9.17, 15) is 9.90 Å². The zero-order chi connectivity index (χ0) is 13.3. The van der Waals surface area contributed by atoms with Crippen LogP contribution in [0.5, 0.6) is 0 Å². The first kappa shape index (κ1) is 14.5. The Hall–Kier alpha value is -0.610. The molecule has 2 atom stereocenters. The van der Waals surface area contributed by atoms with Gasteiger partial charge >= 0.3 is 5.97 Å². The Morgan fingerprint density at radius 2 is 2.18 bits per heavy atom. The molecule has 1 aliphatic rings. The van der Waals surface area contributed by atoms with Gasteiger partial charge in [-0.25, -0.2) is 0 Å². The van der Waals surface area contributed by atoms with Crippen molar-refractivity contribution in [3.05, 3.63) is 0 Å². The average molecular weight is 243 g/mol. The summed E-state index contributed by atoms with van der Waals surface area (Å²) < 4.78 is 5.82. The number of carboxylic acids is 1. The van der Waals surface area contributed by atoms with Crippen LogP contribution in [0.25, 0.3) is 0 Å². The van der Waals surface area contributed by atoms with E-state index in [-0.39, 0.29) is 11.7 Å². The van der Waals surface area contributed by atoms with E-state index in [1.165, 1.54) is 0 Å². The van der Waals surface area contributed by atoms with E-state index in [2.05, 4.69) is 18.7 Å². The Bertz CT molecular complexity index is 290. The molecule has 1 N–H and O–H groups in total. The van der Waals surface area contributed by atoms with E-state index in [0.717, 1.165) is 13.1 Å². The Morgan fingerprint density at radius 3 is 2.59 bits per heavy atom. The Morgan fingerprint density at radius 1 is 1.59 bits per heavy atom. The molecule has 1 rings (SSSR count). The highest BCUT2D eigenvalue weighted by Gasteiger charge is 2.38. The molecule has 0 bridgehead atoms.